The number of rotatable bonds is 5. The third kappa shape index (κ3) is 5.32. The van der Waals surface area contributed by atoms with Crippen LogP contribution in [0.2, 0.25) is 5.02 Å². The molecule has 8 heteroatoms. The first-order valence-corrected chi connectivity index (χ1v) is 11.8. The molecule has 6 nitrogen and oxygen atoms in total. The van der Waals surface area contributed by atoms with E-state index in [1.165, 1.54) is 23.9 Å². The van der Waals surface area contributed by atoms with Crippen molar-refractivity contribution in [2.75, 3.05) is 31.5 Å². The van der Waals surface area contributed by atoms with Gasteiger partial charge in [0.05, 0.1) is 11.9 Å². The zero-order valence-corrected chi connectivity index (χ0v) is 19.5. The Kier molecular flexibility index (Phi) is 6.39. The summed E-state index contributed by atoms with van der Waals surface area (Å²) in [7, 11) is 0. The Balaban J connectivity index is 1.09. The number of carbonyl (C=O) groups is 1. The molecule has 1 spiro atoms. The van der Waals surface area contributed by atoms with E-state index < -0.39 is 5.95 Å². The molecule has 2 aliphatic heterocycles. The third-order valence-electron chi connectivity index (χ3n) is 6.59. The first-order chi connectivity index (χ1) is 16.5. The Labute approximate surface area is 203 Å². The fourth-order valence-electron chi connectivity index (χ4n) is 4.67. The predicted octanol–water partition coefficient (Wildman–Crippen LogP) is 5.80. The molecular formula is C26H26ClFN4O2. The maximum absolute atomic E-state index is 12.9. The number of ether oxygens (including phenoxy) is 1. The highest BCUT2D eigenvalue weighted by molar-refractivity contribution is 6.30. The van der Waals surface area contributed by atoms with Crippen molar-refractivity contribution >= 4 is 23.3 Å². The number of piperidine rings is 1. The predicted molar refractivity (Wildman–Crippen MR) is 130 cm³/mol. The smallest absolute Gasteiger partial charge is 0.321 e. The quantitative estimate of drug-likeness (QED) is 0.469. The number of anilines is 1. The van der Waals surface area contributed by atoms with Gasteiger partial charge in [-0.3, -0.25) is 4.90 Å². The van der Waals surface area contributed by atoms with E-state index in [9.17, 15) is 9.18 Å². The van der Waals surface area contributed by atoms with Crippen molar-refractivity contribution < 1.29 is 13.9 Å². The highest BCUT2D eigenvalue weighted by atomic mass is 35.5. The second kappa shape index (κ2) is 9.60. The second-order valence-corrected chi connectivity index (χ2v) is 9.57. The minimum absolute atomic E-state index is 0.154. The van der Waals surface area contributed by atoms with Crippen molar-refractivity contribution in [3.63, 3.8) is 0 Å². The molecule has 0 radical (unpaired) electrons. The fraction of sp³-hybridized carbons (Fsp3) is 0.308. The summed E-state index contributed by atoms with van der Waals surface area (Å²) in [5, 5.41) is 3.47. The normalized spacial score (nSPS) is 17.3. The summed E-state index contributed by atoms with van der Waals surface area (Å²) in [5.74, 6) is 1.01. The number of pyridine rings is 1. The number of aromatic nitrogens is 1. The van der Waals surface area contributed by atoms with Crippen LogP contribution in [0.5, 0.6) is 11.5 Å². The number of likely N-dealkylation sites (tertiary alicyclic amines) is 2. The van der Waals surface area contributed by atoms with E-state index in [4.69, 9.17) is 16.3 Å². The molecule has 1 N–H and O–H groups in total. The van der Waals surface area contributed by atoms with Crippen LogP contribution in [0.4, 0.5) is 14.9 Å². The Hall–Kier alpha value is -3.16. The maximum atomic E-state index is 12.9. The highest BCUT2D eigenvalue weighted by Gasteiger charge is 2.46. The molecule has 2 saturated heterocycles. The van der Waals surface area contributed by atoms with Gasteiger partial charge in [0, 0.05) is 30.1 Å². The molecule has 176 valence electrons. The number of urea groups is 1. The summed E-state index contributed by atoms with van der Waals surface area (Å²) in [5.41, 5.74) is 1.92. The molecule has 3 aromatic rings. The number of hydrogen-bond acceptors (Lipinski definition) is 4. The van der Waals surface area contributed by atoms with Gasteiger partial charge < -0.3 is 15.0 Å². The van der Waals surface area contributed by atoms with E-state index >= 15 is 0 Å². The Bertz CT molecular complexity index is 1140. The molecule has 34 heavy (non-hydrogen) atoms. The van der Waals surface area contributed by atoms with Gasteiger partial charge in [0.1, 0.15) is 11.5 Å². The van der Waals surface area contributed by atoms with Gasteiger partial charge in [-0.15, -0.1) is 0 Å². The number of amides is 2. The van der Waals surface area contributed by atoms with Crippen molar-refractivity contribution in [1.29, 1.82) is 0 Å². The summed E-state index contributed by atoms with van der Waals surface area (Å²) in [6.07, 6.45) is 3.46. The minimum Gasteiger partial charge on any atom is -0.457 e. The summed E-state index contributed by atoms with van der Waals surface area (Å²) in [6, 6.07) is 18.1. The minimum atomic E-state index is -0.562. The van der Waals surface area contributed by atoms with Gasteiger partial charge in [-0.1, -0.05) is 23.7 Å². The molecule has 3 heterocycles. The lowest BCUT2D eigenvalue weighted by molar-refractivity contribution is -0.0200. The first kappa shape index (κ1) is 22.6. The molecule has 0 saturated carbocycles. The Morgan fingerprint density at radius 1 is 1.06 bits per heavy atom. The van der Waals surface area contributed by atoms with Crippen LogP contribution in [-0.4, -0.2) is 47.0 Å². The molecule has 2 aromatic carbocycles. The molecule has 0 atom stereocenters. The fourth-order valence-corrected chi connectivity index (χ4v) is 4.79. The lowest BCUT2D eigenvalue weighted by Gasteiger charge is -2.53. The zero-order chi connectivity index (χ0) is 23.5. The number of nitrogens with one attached hydrogen (secondary N) is 1. The molecule has 0 bridgehead atoms. The zero-order valence-electron chi connectivity index (χ0n) is 18.7. The average molecular weight is 481 g/mol. The number of halogens is 2. The molecular weight excluding hydrogens is 455 g/mol. The van der Waals surface area contributed by atoms with Crippen LogP contribution >= 0.6 is 11.6 Å². The SMILES string of the molecule is O=C(Nc1ccc(F)nc1)N1CC2(CCN(Cc3cccc(Oc4ccc(Cl)cc4)c3)CC2)C1. The molecule has 2 fully saturated rings. The van der Waals surface area contributed by atoms with Crippen LogP contribution in [0.25, 0.3) is 0 Å². The summed E-state index contributed by atoms with van der Waals surface area (Å²) < 4.78 is 18.9. The molecule has 1 aromatic heterocycles. The van der Waals surface area contributed by atoms with Crippen LogP contribution < -0.4 is 10.1 Å². The number of hydrogen-bond donors (Lipinski definition) is 1. The van der Waals surface area contributed by atoms with Gasteiger partial charge in [-0.25, -0.2) is 9.78 Å². The van der Waals surface area contributed by atoms with Gasteiger partial charge in [-0.05, 0) is 80.0 Å². The highest BCUT2D eigenvalue weighted by Crippen LogP contribution is 2.41. The van der Waals surface area contributed by atoms with Crippen LogP contribution in [0.3, 0.4) is 0 Å². The number of nitrogens with zero attached hydrogens (tertiary/aromatic N) is 3. The lowest BCUT2D eigenvalue weighted by Crippen LogP contribution is -2.62. The van der Waals surface area contributed by atoms with E-state index in [2.05, 4.69) is 27.3 Å². The summed E-state index contributed by atoms with van der Waals surface area (Å²) in [6.45, 7) is 4.38. The Morgan fingerprint density at radius 2 is 1.82 bits per heavy atom. The van der Waals surface area contributed by atoms with Crippen molar-refractivity contribution in [3.05, 3.63) is 83.4 Å². The standard InChI is InChI=1S/C26H26ClFN4O2/c27-20-4-7-22(8-5-20)34-23-3-1-2-19(14-23)16-31-12-10-26(11-13-31)17-32(18-26)25(33)30-21-6-9-24(28)29-15-21/h1-9,14-15H,10-13,16-18H2,(H,30,33). The van der Waals surface area contributed by atoms with Gasteiger partial charge in [0.15, 0.2) is 0 Å². The molecule has 0 unspecified atom stereocenters. The van der Waals surface area contributed by atoms with Gasteiger partial charge in [0.2, 0.25) is 5.95 Å². The number of benzene rings is 2. The monoisotopic (exact) mass is 480 g/mol. The number of carbonyl (C=O) groups excluding carboxylic acids is 1. The lowest BCUT2D eigenvalue weighted by atomic mass is 9.72. The first-order valence-electron chi connectivity index (χ1n) is 11.4. The van der Waals surface area contributed by atoms with Crippen molar-refractivity contribution in [3.8, 4) is 11.5 Å². The van der Waals surface area contributed by atoms with E-state index in [0.29, 0.717) is 10.7 Å². The molecule has 2 amide bonds. The van der Waals surface area contributed by atoms with Crippen LogP contribution in [0.15, 0.2) is 66.9 Å². The van der Waals surface area contributed by atoms with E-state index in [1.807, 2.05) is 41.3 Å². The van der Waals surface area contributed by atoms with Gasteiger partial charge in [-0.2, -0.15) is 4.39 Å². The van der Waals surface area contributed by atoms with Crippen LogP contribution in [0, 0.1) is 11.4 Å². The third-order valence-corrected chi connectivity index (χ3v) is 6.84. The van der Waals surface area contributed by atoms with E-state index in [-0.39, 0.29) is 11.4 Å². The van der Waals surface area contributed by atoms with E-state index in [1.54, 1.807) is 0 Å². The topological polar surface area (TPSA) is 57.7 Å². The maximum Gasteiger partial charge on any atom is 0.321 e. The summed E-state index contributed by atoms with van der Waals surface area (Å²) in [4.78, 5) is 20.3. The summed E-state index contributed by atoms with van der Waals surface area (Å²) >= 11 is 5.95. The van der Waals surface area contributed by atoms with Crippen molar-refractivity contribution in [2.45, 2.75) is 19.4 Å². The molecule has 5 rings (SSSR count). The van der Waals surface area contributed by atoms with Crippen molar-refractivity contribution in [2.24, 2.45) is 5.41 Å². The second-order valence-electron chi connectivity index (χ2n) is 9.14. The molecule has 2 aliphatic rings. The van der Waals surface area contributed by atoms with Crippen LogP contribution in [-0.2, 0) is 6.54 Å². The van der Waals surface area contributed by atoms with Gasteiger partial charge in [0.25, 0.3) is 0 Å². The largest absolute Gasteiger partial charge is 0.457 e. The Morgan fingerprint density at radius 3 is 2.53 bits per heavy atom. The van der Waals surface area contributed by atoms with Gasteiger partial charge >= 0.3 is 6.03 Å². The van der Waals surface area contributed by atoms with E-state index in [0.717, 1.165) is 57.1 Å². The molecule has 0 aliphatic carbocycles. The van der Waals surface area contributed by atoms with Crippen LogP contribution in [0.1, 0.15) is 18.4 Å². The average Bonchev–Trinajstić information content (AvgIpc) is 2.81. The van der Waals surface area contributed by atoms with Crippen molar-refractivity contribution in [1.82, 2.24) is 14.8 Å².